The highest BCUT2D eigenvalue weighted by Crippen LogP contribution is 2.28. The lowest BCUT2D eigenvalue weighted by molar-refractivity contribution is 0.0951. The molecule has 0 fully saturated rings. The van der Waals surface area contributed by atoms with E-state index in [2.05, 4.69) is 15.0 Å². The van der Waals surface area contributed by atoms with Crippen LogP contribution in [0.5, 0.6) is 0 Å². The van der Waals surface area contributed by atoms with Gasteiger partial charge in [0.1, 0.15) is 22.1 Å². The molecule has 9 heteroatoms. The molecule has 2 aromatic carbocycles. The van der Waals surface area contributed by atoms with Gasteiger partial charge < -0.3 is 10.0 Å². The van der Waals surface area contributed by atoms with Gasteiger partial charge in [-0.05, 0) is 60.0 Å². The topological polar surface area (TPSA) is 88.2 Å². The molecule has 0 bridgehead atoms. The number of Topliss-reactive ketones (excluding diaryl/α,β-unsaturated/α-hetero) is 1. The van der Waals surface area contributed by atoms with Crippen LogP contribution >= 0.6 is 11.6 Å². The van der Waals surface area contributed by atoms with Crippen LogP contribution in [-0.2, 0) is 24.0 Å². The van der Waals surface area contributed by atoms with Crippen molar-refractivity contribution in [3.63, 3.8) is 0 Å². The SMILES string of the molecule is O=C(NCc1ccncc1)c1ccc2c(c1)C(=O)C(Cc1ccc(Cl)c(F)c1)S(=O)N2. The first kappa shape index (κ1) is 21.1. The Morgan fingerprint density at radius 1 is 1.13 bits per heavy atom. The summed E-state index contributed by atoms with van der Waals surface area (Å²) in [6, 6.07) is 12.4. The summed E-state index contributed by atoms with van der Waals surface area (Å²) in [6.07, 6.45) is 3.35. The zero-order chi connectivity index (χ0) is 22.0. The highest BCUT2D eigenvalue weighted by atomic mass is 35.5. The molecule has 2 atom stereocenters. The summed E-state index contributed by atoms with van der Waals surface area (Å²) < 4.78 is 29.1. The van der Waals surface area contributed by atoms with Gasteiger partial charge in [-0.3, -0.25) is 14.6 Å². The fourth-order valence-electron chi connectivity index (χ4n) is 3.26. The highest BCUT2D eigenvalue weighted by molar-refractivity contribution is 7.88. The second-order valence-corrected chi connectivity index (χ2v) is 8.78. The number of benzene rings is 2. The van der Waals surface area contributed by atoms with Crippen molar-refractivity contribution < 1.29 is 18.2 Å². The molecule has 0 aliphatic carbocycles. The van der Waals surface area contributed by atoms with Gasteiger partial charge in [-0.2, -0.15) is 0 Å². The van der Waals surface area contributed by atoms with Crippen LogP contribution in [0.25, 0.3) is 0 Å². The Kier molecular flexibility index (Phi) is 6.11. The number of nitrogens with one attached hydrogen (secondary N) is 2. The number of amides is 1. The molecule has 0 saturated heterocycles. The van der Waals surface area contributed by atoms with E-state index in [1.807, 2.05) is 0 Å². The third-order valence-electron chi connectivity index (χ3n) is 4.92. The number of halogens is 2. The Bertz CT molecular complexity index is 1190. The van der Waals surface area contributed by atoms with E-state index in [0.717, 1.165) is 5.56 Å². The number of rotatable bonds is 5. The average molecular weight is 458 g/mol. The average Bonchev–Trinajstić information content (AvgIpc) is 2.78. The summed E-state index contributed by atoms with van der Waals surface area (Å²) >= 11 is 5.70. The predicted octanol–water partition coefficient (Wildman–Crippen LogP) is 3.69. The molecule has 2 heterocycles. The fraction of sp³-hybridized carbons (Fsp3) is 0.136. The molecule has 3 aromatic rings. The number of hydrogen-bond acceptors (Lipinski definition) is 4. The van der Waals surface area contributed by atoms with Crippen LogP contribution in [0.4, 0.5) is 10.1 Å². The van der Waals surface area contributed by atoms with E-state index in [9.17, 15) is 18.2 Å². The maximum atomic E-state index is 13.7. The minimum Gasteiger partial charge on any atom is -0.348 e. The third-order valence-corrected chi connectivity index (χ3v) is 6.54. The summed E-state index contributed by atoms with van der Waals surface area (Å²) in [5.41, 5.74) is 2.38. The lowest BCUT2D eigenvalue weighted by Gasteiger charge is -2.24. The Hall–Kier alpha value is -3.10. The normalized spacial score (nSPS) is 17.5. The summed E-state index contributed by atoms with van der Waals surface area (Å²) in [6.45, 7) is 0.319. The van der Waals surface area contributed by atoms with Gasteiger partial charge in [-0.25, -0.2) is 8.60 Å². The molecule has 0 spiro atoms. The minimum absolute atomic E-state index is 0.0225. The minimum atomic E-state index is -1.69. The first-order valence-electron chi connectivity index (χ1n) is 9.39. The second-order valence-electron chi connectivity index (χ2n) is 7.00. The number of pyridine rings is 1. The summed E-state index contributed by atoms with van der Waals surface area (Å²) in [5.74, 6) is -1.31. The number of anilines is 1. The van der Waals surface area contributed by atoms with Crippen molar-refractivity contribution in [2.24, 2.45) is 0 Å². The van der Waals surface area contributed by atoms with E-state index in [-0.39, 0.29) is 28.7 Å². The number of fused-ring (bicyclic) bond motifs is 1. The van der Waals surface area contributed by atoms with Crippen molar-refractivity contribution in [3.05, 3.63) is 94.0 Å². The molecule has 6 nitrogen and oxygen atoms in total. The van der Waals surface area contributed by atoms with E-state index in [1.54, 1.807) is 42.7 Å². The Morgan fingerprint density at radius 2 is 1.90 bits per heavy atom. The summed E-state index contributed by atoms with van der Waals surface area (Å²) in [4.78, 5) is 29.5. The number of ketones is 1. The largest absolute Gasteiger partial charge is 0.348 e. The van der Waals surface area contributed by atoms with Crippen LogP contribution in [0, 0.1) is 5.82 Å². The first-order valence-corrected chi connectivity index (χ1v) is 11.0. The van der Waals surface area contributed by atoms with Crippen molar-refractivity contribution in [2.45, 2.75) is 18.2 Å². The van der Waals surface area contributed by atoms with Gasteiger partial charge >= 0.3 is 0 Å². The Labute approximate surface area is 185 Å². The zero-order valence-electron chi connectivity index (χ0n) is 16.1. The van der Waals surface area contributed by atoms with E-state index < -0.39 is 22.1 Å². The van der Waals surface area contributed by atoms with Crippen molar-refractivity contribution >= 4 is 40.0 Å². The number of carbonyl (C=O) groups excluding carboxylic acids is 2. The number of nitrogens with zero attached hydrogens (tertiary/aromatic N) is 1. The quantitative estimate of drug-likeness (QED) is 0.611. The van der Waals surface area contributed by atoms with Crippen LogP contribution in [0.15, 0.2) is 60.9 Å². The van der Waals surface area contributed by atoms with Crippen molar-refractivity contribution in [1.82, 2.24) is 10.3 Å². The van der Waals surface area contributed by atoms with Crippen molar-refractivity contribution in [1.29, 1.82) is 0 Å². The molecule has 31 heavy (non-hydrogen) atoms. The summed E-state index contributed by atoms with van der Waals surface area (Å²) in [5, 5.41) is 1.86. The zero-order valence-corrected chi connectivity index (χ0v) is 17.7. The molecule has 0 saturated carbocycles. The van der Waals surface area contributed by atoms with E-state index in [1.165, 1.54) is 18.2 Å². The molecule has 1 aromatic heterocycles. The van der Waals surface area contributed by atoms with Gasteiger partial charge in [0.25, 0.3) is 5.91 Å². The van der Waals surface area contributed by atoms with Crippen molar-refractivity contribution in [3.8, 4) is 0 Å². The fourth-order valence-corrected chi connectivity index (χ4v) is 4.58. The van der Waals surface area contributed by atoms with Gasteiger partial charge in [-0.15, -0.1) is 0 Å². The van der Waals surface area contributed by atoms with E-state index in [0.29, 0.717) is 23.4 Å². The highest BCUT2D eigenvalue weighted by Gasteiger charge is 2.34. The van der Waals surface area contributed by atoms with Crippen LogP contribution in [0.1, 0.15) is 31.8 Å². The monoisotopic (exact) mass is 457 g/mol. The van der Waals surface area contributed by atoms with Crippen LogP contribution in [-0.4, -0.2) is 26.1 Å². The van der Waals surface area contributed by atoms with Crippen LogP contribution in [0.3, 0.4) is 0 Å². The molecule has 1 aliphatic rings. The van der Waals surface area contributed by atoms with E-state index >= 15 is 0 Å². The Morgan fingerprint density at radius 3 is 2.65 bits per heavy atom. The molecule has 2 unspecified atom stereocenters. The second kappa shape index (κ2) is 8.95. The molecular weight excluding hydrogens is 441 g/mol. The standard InChI is InChI=1S/C22H17ClFN3O3S/c23-17-3-1-14(9-18(17)24)10-20-21(28)16-11-15(2-4-19(16)27-31(20)30)22(29)26-12-13-5-7-25-8-6-13/h1-9,11,20,27H,10,12H2,(H,26,29). The first-order chi connectivity index (χ1) is 14.9. The number of aromatic nitrogens is 1. The van der Waals surface area contributed by atoms with Gasteiger partial charge in [0.05, 0.1) is 10.7 Å². The van der Waals surface area contributed by atoms with Gasteiger partial charge in [0.2, 0.25) is 0 Å². The molecule has 0 radical (unpaired) electrons. The molecular formula is C22H17ClFN3O3S. The van der Waals surface area contributed by atoms with E-state index in [4.69, 9.17) is 11.6 Å². The molecule has 158 valence electrons. The summed E-state index contributed by atoms with van der Waals surface area (Å²) in [7, 11) is -1.69. The number of hydrogen-bond donors (Lipinski definition) is 2. The molecule has 4 rings (SSSR count). The lowest BCUT2D eigenvalue weighted by Crippen LogP contribution is -2.37. The molecule has 2 N–H and O–H groups in total. The van der Waals surface area contributed by atoms with Gasteiger partial charge in [0.15, 0.2) is 5.78 Å². The number of carbonyl (C=O) groups is 2. The molecule has 1 aliphatic heterocycles. The molecule has 1 amide bonds. The lowest BCUT2D eigenvalue weighted by atomic mass is 9.98. The third kappa shape index (κ3) is 4.65. The maximum Gasteiger partial charge on any atom is 0.251 e. The Balaban J connectivity index is 1.53. The van der Waals surface area contributed by atoms with Crippen LogP contribution < -0.4 is 10.0 Å². The van der Waals surface area contributed by atoms with Gasteiger partial charge in [0, 0.05) is 30.1 Å². The van der Waals surface area contributed by atoms with Gasteiger partial charge in [-0.1, -0.05) is 17.7 Å². The smallest absolute Gasteiger partial charge is 0.251 e. The maximum absolute atomic E-state index is 13.7. The van der Waals surface area contributed by atoms with Crippen molar-refractivity contribution in [2.75, 3.05) is 4.72 Å². The predicted molar refractivity (Wildman–Crippen MR) is 117 cm³/mol. The van der Waals surface area contributed by atoms with Crippen LogP contribution in [0.2, 0.25) is 5.02 Å².